The van der Waals surface area contributed by atoms with Gasteiger partial charge in [-0.2, -0.15) is 0 Å². The van der Waals surface area contributed by atoms with Crippen molar-refractivity contribution < 1.29 is 14.6 Å². The molecule has 1 amide bonds. The van der Waals surface area contributed by atoms with Crippen molar-refractivity contribution in [2.45, 2.75) is 20.0 Å². The zero-order valence-corrected chi connectivity index (χ0v) is 12.5. The first-order valence-corrected chi connectivity index (χ1v) is 6.76. The van der Waals surface area contributed by atoms with Crippen molar-refractivity contribution in [3.05, 3.63) is 29.3 Å². The topological polar surface area (TPSA) is 84.6 Å². The zero-order chi connectivity index (χ0) is 15.2. The molecule has 1 rings (SSSR count). The van der Waals surface area contributed by atoms with Crippen LogP contribution in [0.3, 0.4) is 0 Å². The number of benzene rings is 1. The number of nitrogens with one attached hydrogen (secondary N) is 1. The second-order valence-corrected chi connectivity index (χ2v) is 5.74. The molecule has 0 saturated carbocycles. The summed E-state index contributed by atoms with van der Waals surface area (Å²) in [4.78, 5) is 11.1. The van der Waals surface area contributed by atoms with E-state index < -0.39 is 11.5 Å². The Hall–Kier alpha value is -1.30. The van der Waals surface area contributed by atoms with E-state index in [0.29, 0.717) is 23.9 Å². The summed E-state index contributed by atoms with van der Waals surface area (Å²) in [6.07, 6.45) is -0.683. The molecule has 0 fully saturated rings. The van der Waals surface area contributed by atoms with Crippen molar-refractivity contribution in [1.82, 2.24) is 5.32 Å². The molecule has 0 spiro atoms. The minimum Gasteiger partial charge on any atom is -0.491 e. The Bertz CT molecular complexity index is 452. The van der Waals surface area contributed by atoms with Crippen molar-refractivity contribution >= 4 is 17.5 Å². The molecule has 112 valence electrons. The molecule has 1 unspecified atom stereocenters. The monoisotopic (exact) mass is 300 g/mol. The first-order chi connectivity index (χ1) is 9.31. The molecule has 5 nitrogen and oxygen atoms in total. The fraction of sp³-hybridized carbons (Fsp3) is 0.500. The van der Waals surface area contributed by atoms with Crippen LogP contribution in [0.25, 0.3) is 0 Å². The van der Waals surface area contributed by atoms with E-state index in [1.165, 1.54) is 0 Å². The second kappa shape index (κ2) is 7.47. The van der Waals surface area contributed by atoms with Gasteiger partial charge in [-0.25, -0.2) is 0 Å². The summed E-state index contributed by atoms with van der Waals surface area (Å²) >= 11 is 5.82. The van der Waals surface area contributed by atoms with Crippen LogP contribution in [-0.4, -0.2) is 36.8 Å². The van der Waals surface area contributed by atoms with Crippen LogP contribution in [0.4, 0.5) is 0 Å². The fourth-order valence-corrected chi connectivity index (χ4v) is 1.63. The van der Waals surface area contributed by atoms with Crippen LogP contribution >= 0.6 is 11.6 Å². The van der Waals surface area contributed by atoms with Crippen LogP contribution in [0.2, 0.25) is 5.02 Å². The number of aliphatic hydroxyl groups excluding tert-OH is 1. The number of ether oxygens (including phenoxy) is 1. The Morgan fingerprint density at radius 1 is 1.55 bits per heavy atom. The summed E-state index contributed by atoms with van der Waals surface area (Å²) in [5.41, 5.74) is 4.61. The largest absolute Gasteiger partial charge is 0.491 e. The van der Waals surface area contributed by atoms with Gasteiger partial charge in [-0.1, -0.05) is 17.7 Å². The van der Waals surface area contributed by atoms with Crippen LogP contribution in [-0.2, 0) is 4.79 Å². The van der Waals surface area contributed by atoms with Crippen LogP contribution in [0.15, 0.2) is 24.3 Å². The van der Waals surface area contributed by atoms with Gasteiger partial charge in [0.25, 0.3) is 0 Å². The summed E-state index contributed by atoms with van der Waals surface area (Å²) in [6, 6.07) is 6.97. The van der Waals surface area contributed by atoms with Gasteiger partial charge < -0.3 is 20.9 Å². The predicted octanol–water partition coefficient (Wildman–Crippen LogP) is 1.18. The fourth-order valence-electron chi connectivity index (χ4n) is 1.45. The zero-order valence-electron chi connectivity index (χ0n) is 11.7. The van der Waals surface area contributed by atoms with Crippen LogP contribution in [0.1, 0.15) is 13.8 Å². The third kappa shape index (κ3) is 5.77. The lowest BCUT2D eigenvalue weighted by Crippen LogP contribution is -2.43. The number of hydrogen-bond acceptors (Lipinski definition) is 4. The molecule has 6 heteroatoms. The molecule has 0 aliphatic rings. The summed E-state index contributed by atoms with van der Waals surface area (Å²) < 4.78 is 5.41. The number of amides is 1. The lowest BCUT2D eigenvalue weighted by atomic mass is 9.93. The summed E-state index contributed by atoms with van der Waals surface area (Å²) in [5.74, 6) is 0.226. The van der Waals surface area contributed by atoms with Gasteiger partial charge in [0.05, 0.1) is 5.41 Å². The van der Waals surface area contributed by atoms with Crippen molar-refractivity contribution in [2.24, 2.45) is 11.1 Å². The third-order valence-corrected chi connectivity index (χ3v) is 3.09. The SMILES string of the molecule is CC(C)(CNCC(O)COc1cccc(Cl)c1)C(N)=O. The van der Waals surface area contributed by atoms with Gasteiger partial charge in [0.15, 0.2) is 0 Å². The Balaban J connectivity index is 2.27. The molecule has 0 aliphatic carbocycles. The highest BCUT2D eigenvalue weighted by molar-refractivity contribution is 6.30. The second-order valence-electron chi connectivity index (χ2n) is 5.30. The number of rotatable bonds is 8. The van der Waals surface area contributed by atoms with E-state index in [1.54, 1.807) is 38.1 Å². The molecule has 0 bridgehead atoms. The van der Waals surface area contributed by atoms with Crippen molar-refractivity contribution in [3.8, 4) is 5.75 Å². The lowest BCUT2D eigenvalue weighted by Gasteiger charge is -2.22. The Kier molecular flexibility index (Phi) is 6.26. The maximum absolute atomic E-state index is 11.1. The number of primary amides is 1. The summed E-state index contributed by atoms with van der Waals surface area (Å²) in [6.45, 7) is 4.35. The molecule has 1 aromatic carbocycles. The van der Waals surface area contributed by atoms with Gasteiger partial charge in [0, 0.05) is 18.1 Å². The molecular weight excluding hydrogens is 280 g/mol. The Labute approximate surface area is 124 Å². The summed E-state index contributed by atoms with van der Waals surface area (Å²) in [7, 11) is 0. The predicted molar refractivity (Wildman–Crippen MR) is 78.8 cm³/mol. The highest BCUT2D eigenvalue weighted by Crippen LogP contribution is 2.17. The molecule has 1 aromatic rings. The maximum atomic E-state index is 11.1. The average Bonchev–Trinajstić information content (AvgIpc) is 2.36. The Morgan fingerprint density at radius 2 is 2.25 bits per heavy atom. The first-order valence-electron chi connectivity index (χ1n) is 6.38. The van der Waals surface area contributed by atoms with Gasteiger partial charge in [-0.05, 0) is 32.0 Å². The molecule has 0 saturated heterocycles. The van der Waals surface area contributed by atoms with Gasteiger partial charge in [-0.3, -0.25) is 4.79 Å². The normalized spacial score (nSPS) is 13.0. The highest BCUT2D eigenvalue weighted by Gasteiger charge is 2.24. The third-order valence-electron chi connectivity index (χ3n) is 2.85. The van der Waals surface area contributed by atoms with Gasteiger partial charge >= 0.3 is 0 Å². The average molecular weight is 301 g/mol. The number of nitrogens with two attached hydrogens (primary N) is 1. The van der Waals surface area contributed by atoms with Crippen LogP contribution in [0.5, 0.6) is 5.75 Å². The maximum Gasteiger partial charge on any atom is 0.224 e. The standard InChI is InChI=1S/C14H21ClN2O3/c1-14(2,13(16)19)9-17-7-11(18)8-20-12-5-3-4-10(15)6-12/h3-6,11,17-18H,7-9H2,1-2H3,(H2,16,19). The molecule has 20 heavy (non-hydrogen) atoms. The van der Waals surface area contributed by atoms with E-state index in [4.69, 9.17) is 22.1 Å². The number of carbonyl (C=O) groups excluding carboxylic acids is 1. The van der Waals surface area contributed by atoms with E-state index in [-0.39, 0.29) is 12.5 Å². The van der Waals surface area contributed by atoms with Crippen LogP contribution < -0.4 is 15.8 Å². The molecule has 1 atom stereocenters. The van der Waals surface area contributed by atoms with E-state index in [1.807, 2.05) is 0 Å². The highest BCUT2D eigenvalue weighted by atomic mass is 35.5. The molecule has 0 radical (unpaired) electrons. The minimum atomic E-state index is -0.683. The first kappa shape index (κ1) is 16.8. The Morgan fingerprint density at radius 3 is 2.85 bits per heavy atom. The van der Waals surface area contributed by atoms with E-state index in [9.17, 15) is 9.90 Å². The van der Waals surface area contributed by atoms with Gasteiger partial charge in [-0.15, -0.1) is 0 Å². The smallest absolute Gasteiger partial charge is 0.224 e. The number of aliphatic hydroxyl groups is 1. The molecular formula is C14H21ClN2O3. The number of carbonyl (C=O) groups is 1. The summed E-state index contributed by atoms with van der Waals surface area (Å²) in [5, 5.41) is 13.4. The van der Waals surface area contributed by atoms with Gasteiger partial charge in [0.2, 0.25) is 5.91 Å². The van der Waals surface area contributed by atoms with Crippen LogP contribution in [0, 0.1) is 5.41 Å². The minimum absolute atomic E-state index is 0.143. The van der Waals surface area contributed by atoms with E-state index in [0.717, 1.165) is 0 Å². The van der Waals surface area contributed by atoms with Crippen molar-refractivity contribution in [3.63, 3.8) is 0 Å². The molecule has 0 heterocycles. The quantitative estimate of drug-likeness (QED) is 0.673. The molecule has 0 aromatic heterocycles. The number of halogens is 1. The van der Waals surface area contributed by atoms with Crippen molar-refractivity contribution in [1.29, 1.82) is 0 Å². The molecule has 4 N–H and O–H groups in total. The molecule has 0 aliphatic heterocycles. The number of hydrogen-bond donors (Lipinski definition) is 3. The van der Waals surface area contributed by atoms with Crippen molar-refractivity contribution in [2.75, 3.05) is 19.7 Å². The lowest BCUT2D eigenvalue weighted by molar-refractivity contribution is -0.125. The van der Waals surface area contributed by atoms with E-state index >= 15 is 0 Å². The van der Waals surface area contributed by atoms with Gasteiger partial charge in [0.1, 0.15) is 18.5 Å². The van der Waals surface area contributed by atoms with E-state index in [2.05, 4.69) is 5.32 Å².